The second kappa shape index (κ2) is 5.31. The van der Waals surface area contributed by atoms with Gasteiger partial charge in [0.15, 0.2) is 5.13 Å². The molecule has 1 aliphatic rings. The van der Waals surface area contributed by atoms with Crippen LogP contribution in [0.25, 0.3) is 0 Å². The molecule has 1 saturated carbocycles. The van der Waals surface area contributed by atoms with Crippen molar-refractivity contribution in [2.24, 2.45) is 5.92 Å². The van der Waals surface area contributed by atoms with Crippen molar-refractivity contribution in [1.29, 1.82) is 0 Å². The summed E-state index contributed by atoms with van der Waals surface area (Å²) in [6, 6.07) is 10.2. The van der Waals surface area contributed by atoms with Crippen molar-refractivity contribution >= 4 is 34.0 Å². The molecule has 1 aromatic heterocycles. The molecule has 1 amide bonds. The van der Waals surface area contributed by atoms with Crippen molar-refractivity contribution in [3.05, 3.63) is 47.0 Å². The van der Waals surface area contributed by atoms with Crippen LogP contribution >= 0.6 is 22.9 Å². The molecule has 1 heterocycles. The van der Waals surface area contributed by atoms with Crippen molar-refractivity contribution < 1.29 is 4.79 Å². The lowest BCUT2D eigenvalue weighted by Gasteiger charge is -2.01. The van der Waals surface area contributed by atoms with Gasteiger partial charge in [-0.05, 0) is 17.9 Å². The highest BCUT2D eigenvalue weighted by atomic mass is 35.5. The summed E-state index contributed by atoms with van der Waals surface area (Å²) >= 11 is 7.10. The summed E-state index contributed by atoms with van der Waals surface area (Å²) < 4.78 is 0. The summed E-state index contributed by atoms with van der Waals surface area (Å²) in [6.45, 7) is 0. The molecule has 1 fully saturated rings. The molecule has 19 heavy (non-hydrogen) atoms. The molecule has 0 aliphatic heterocycles. The zero-order valence-corrected chi connectivity index (χ0v) is 11.7. The van der Waals surface area contributed by atoms with E-state index in [1.54, 1.807) is 0 Å². The maximum atomic E-state index is 12.1. The molecular formula is C14H13ClN2OS. The van der Waals surface area contributed by atoms with Crippen LogP contribution in [0.1, 0.15) is 23.6 Å². The minimum atomic E-state index is 0.0596. The number of halogens is 1. The number of hydrogen-bond donors (Lipinski definition) is 1. The number of thiazole rings is 1. The van der Waals surface area contributed by atoms with Crippen molar-refractivity contribution in [3.63, 3.8) is 0 Å². The van der Waals surface area contributed by atoms with E-state index in [2.05, 4.69) is 22.4 Å². The van der Waals surface area contributed by atoms with Gasteiger partial charge in [-0.15, -0.1) is 22.9 Å². The van der Waals surface area contributed by atoms with Gasteiger partial charge in [-0.3, -0.25) is 4.79 Å². The molecule has 2 unspecified atom stereocenters. The number of carbonyl (C=O) groups excluding carboxylic acids is 1. The smallest absolute Gasteiger partial charge is 0.229 e. The van der Waals surface area contributed by atoms with Crippen LogP contribution in [-0.4, -0.2) is 10.9 Å². The quantitative estimate of drug-likeness (QED) is 0.875. The first-order valence-corrected chi connectivity index (χ1v) is 7.55. The SMILES string of the molecule is O=C(Nc1nc(CCl)cs1)C1CC1c1ccccc1. The van der Waals surface area contributed by atoms with E-state index in [9.17, 15) is 4.79 Å². The van der Waals surface area contributed by atoms with Gasteiger partial charge < -0.3 is 5.32 Å². The van der Waals surface area contributed by atoms with Crippen LogP contribution in [0.2, 0.25) is 0 Å². The summed E-state index contributed by atoms with van der Waals surface area (Å²) in [4.78, 5) is 16.3. The lowest BCUT2D eigenvalue weighted by Crippen LogP contribution is -2.14. The molecule has 1 aromatic carbocycles. The highest BCUT2D eigenvalue weighted by Crippen LogP contribution is 2.47. The first kappa shape index (κ1) is 12.6. The van der Waals surface area contributed by atoms with Gasteiger partial charge >= 0.3 is 0 Å². The Morgan fingerprint density at radius 1 is 1.42 bits per heavy atom. The number of nitrogens with one attached hydrogen (secondary N) is 1. The Balaban J connectivity index is 1.61. The lowest BCUT2D eigenvalue weighted by molar-refractivity contribution is -0.117. The minimum absolute atomic E-state index is 0.0596. The fourth-order valence-electron chi connectivity index (χ4n) is 2.18. The Bertz CT molecular complexity index is 584. The summed E-state index contributed by atoms with van der Waals surface area (Å²) in [7, 11) is 0. The molecule has 2 atom stereocenters. The van der Waals surface area contributed by atoms with E-state index in [4.69, 9.17) is 11.6 Å². The summed E-state index contributed by atoms with van der Waals surface area (Å²) in [5, 5.41) is 5.37. The zero-order valence-electron chi connectivity index (χ0n) is 10.2. The number of nitrogens with zero attached hydrogens (tertiary/aromatic N) is 1. The van der Waals surface area contributed by atoms with Gasteiger partial charge in [-0.2, -0.15) is 0 Å². The lowest BCUT2D eigenvalue weighted by atomic mass is 10.1. The Morgan fingerprint density at radius 3 is 2.89 bits per heavy atom. The van der Waals surface area contributed by atoms with Crippen LogP contribution in [0.4, 0.5) is 5.13 Å². The van der Waals surface area contributed by atoms with Gasteiger partial charge in [0.1, 0.15) is 0 Å². The predicted octanol–water partition coefficient (Wildman–Crippen LogP) is 3.62. The normalized spacial score (nSPS) is 21.1. The highest BCUT2D eigenvalue weighted by Gasteiger charge is 2.43. The van der Waals surface area contributed by atoms with Gasteiger partial charge in [0.2, 0.25) is 5.91 Å². The van der Waals surface area contributed by atoms with Gasteiger partial charge in [0, 0.05) is 11.3 Å². The van der Waals surface area contributed by atoms with E-state index in [0.29, 0.717) is 16.9 Å². The number of alkyl halides is 1. The molecule has 1 N–H and O–H groups in total. The van der Waals surface area contributed by atoms with E-state index in [-0.39, 0.29) is 11.8 Å². The maximum absolute atomic E-state index is 12.1. The number of amides is 1. The van der Waals surface area contributed by atoms with Gasteiger partial charge in [0.25, 0.3) is 0 Å². The second-order valence-corrected chi connectivity index (χ2v) is 5.75. The van der Waals surface area contributed by atoms with Crippen LogP contribution in [0.5, 0.6) is 0 Å². The topological polar surface area (TPSA) is 42.0 Å². The van der Waals surface area contributed by atoms with Crippen LogP contribution in [-0.2, 0) is 10.7 Å². The van der Waals surface area contributed by atoms with E-state index in [1.807, 2.05) is 23.6 Å². The second-order valence-electron chi connectivity index (χ2n) is 4.63. The molecule has 0 saturated heterocycles. The van der Waals surface area contributed by atoms with Crippen molar-refractivity contribution in [2.45, 2.75) is 18.2 Å². The van der Waals surface area contributed by atoms with Crippen molar-refractivity contribution in [3.8, 4) is 0 Å². The van der Waals surface area contributed by atoms with Crippen LogP contribution in [0.3, 0.4) is 0 Å². The standard InChI is InChI=1S/C14H13ClN2OS/c15-7-10-8-19-14(16-10)17-13(18)12-6-11(12)9-4-2-1-3-5-9/h1-5,8,11-12H,6-7H2,(H,16,17,18). The Morgan fingerprint density at radius 2 is 2.21 bits per heavy atom. The van der Waals surface area contributed by atoms with Crippen LogP contribution in [0.15, 0.2) is 35.7 Å². The monoisotopic (exact) mass is 292 g/mol. The summed E-state index contributed by atoms with van der Waals surface area (Å²) in [6.07, 6.45) is 0.920. The zero-order chi connectivity index (χ0) is 13.2. The first-order valence-electron chi connectivity index (χ1n) is 6.14. The van der Waals surface area contributed by atoms with Crippen LogP contribution < -0.4 is 5.32 Å². The number of benzene rings is 1. The Hall–Kier alpha value is -1.39. The molecule has 3 rings (SSSR count). The van der Waals surface area contributed by atoms with Crippen molar-refractivity contribution in [2.75, 3.05) is 5.32 Å². The number of hydrogen-bond acceptors (Lipinski definition) is 3. The van der Waals surface area contributed by atoms with Gasteiger partial charge in [-0.1, -0.05) is 30.3 Å². The molecule has 2 aromatic rings. The summed E-state index contributed by atoms with van der Waals surface area (Å²) in [5.74, 6) is 0.867. The summed E-state index contributed by atoms with van der Waals surface area (Å²) in [5.41, 5.74) is 2.04. The number of carbonyl (C=O) groups is 1. The predicted molar refractivity (Wildman–Crippen MR) is 77.6 cm³/mol. The highest BCUT2D eigenvalue weighted by molar-refractivity contribution is 7.14. The Labute approximate surface area is 120 Å². The molecule has 0 spiro atoms. The van der Waals surface area contributed by atoms with E-state index < -0.39 is 0 Å². The van der Waals surface area contributed by atoms with E-state index in [0.717, 1.165) is 12.1 Å². The average Bonchev–Trinajstić information content (AvgIpc) is 3.13. The third kappa shape index (κ3) is 2.80. The number of rotatable bonds is 4. The van der Waals surface area contributed by atoms with E-state index in [1.165, 1.54) is 16.9 Å². The molecule has 1 aliphatic carbocycles. The molecule has 0 bridgehead atoms. The molecule has 0 radical (unpaired) electrons. The fraction of sp³-hybridized carbons (Fsp3) is 0.286. The molecular weight excluding hydrogens is 280 g/mol. The fourth-order valence-corrected chi connectivity index (χ4v) is 3.12. The third-order valence-corrected chi connectivity index (χ3v) is 4.35. The molecule has 98 valence electrons. The van der Waals surface area contributed by atoms with Gasteiger partial charge in [0.05, 0.1) is 11.6 Å². The Kier molecular flexibility index (Phi) is 3.53. The van der Waals surface area contributed by atoms with Crippen LogP contribution in [0, 0.1) is 5.92 Å². The third-order valence-electron chi connectivity index (χ3n) is 3.27. The number of anilines is 1. The average molecular weight is 293 g/mol. The molecule has 3 nitrogen and oxygen atoms in total. The van der Waals surface area contributed by atoms with E-state index >= 15 is 0 Å². The maximum Gasteiger partial charge on any atom is 0.229 e. The largest absolute Gasteiger partial charge is 0.302 e. The van der Waals surface area contributed by atoms with Gasteiger partial charge in [-0.25, -0.2) is 4.98 Å². The van der Waals surface area contributed by atoms with Crippen molar-refractivity contribution in [1.82, 2.24) is 4.98 Å². The molecule has 5 heteroatoms. The number of aromatic nitrogens is 1. The first-order chi connectivity index (χ1) is 9.28. The minimum Gasteiger partial charge on any atom is -0.302 e.